The molecule has 1 aromatic heterocycles. The van der Waals surface area contributed by atoms with Gasteiger partial charge in [0.2, 0.25) is 0 Å². The van der Waals surface area contributed by atoms with Gasteiger partial charge in [0.05, 0.1) is 18.2 Å². The van der Waals surface area contributed by atoms with Crippen molar-refractivity contribution in [2.45, 2.75) is 19.9 Å². The van der Waals surface area contributed by atoms with Crippen LogP contribution in [0, 0.1) is 12.7 Å². The molecule has 0 aliphatic carbocycles. The Balaban J connectivity index is 2.23. The van der Waals surface area contributed by atoms with Crippen molar-refractivity contribution in [2.24, 2.45) is 5.73 Å². The quantitative estimate of drug-likeness (QED) is 0.897. The molecule has 19 heavy (non-hydrogen) atoms. The predicted octanol–water partition coefficient (Wildman–Crippen LogP) is 2.22. The van der Waals surface area contributed by atoms with E-state index in [1.807, 2.05) is 13.8 Å². The van der Waals surface area contributed by atoms with Gasteiger partial charge in [0.1, 0.15) is 5.82 Å². The van der Waals surface area contributed by atoms with E-state index in [-0.39, 0.29) is 11.5 Å². The Labute approximate surface area is 110 Å². The number of rotatable bonds is 5. The maximum Gasteiger partial charge on any atom is 0.260 e. The summed E-state index contributed by atoms with van der Waals surface area (Å²) >= 11 is 0. The number of aryl methyl sites for hydroxylation is 1. The molecule has 0 bridgehead atoms. The van der Waals surface area contributed by atoms with Gasteiger partial charge in [0.25, 0.3) is 5.89 Å². The molecular weight excluding hydrogens is 249 g/mol. The van der Waals surface area contributed by atoms with E-state index in [1.165, 1.54) is 6.07 Å². The molecule has 0 aliphatic rings. The zero-order valence-electron chi connectivity index (χ0n) is 10.9. The molecule has 0 fully saturated rings. The van der Waals surface area contributed by atoms with Gasteiger partial charge >= 0.3 is 0 Å². The molecule has 2 aromatic rings. The smallest absolute Gasteiger partial charge is 0.260 e. The molecule has 1 aromatic carbocycles. The Bertz CT molecular complexity index is 557. The monoisotopic (exact) mass is 265 g/mol. The molecule has 1 heterocycles. The molecule has 5 nitrogen and oxygen atoms in total. The molecule has 0 saturated carbocycles. The van der Waals surface area contributed by atoms with E-state index in [0.717, 1.165) is 5.56 Å². The van der Waals surface area contributed by atoms with Crippen LogP contribution in [0.15, 0.2) is 22.7 Å². The third-order valence-electron chi connectivity index (χ3n) is 2.63. The summed E-state index contributed by atoms with van der Waals surface area (Å²) in [5.41, 5.74) is 7.03. The lowest BCUT2D eigenvalue weighted by atomic mass is 10.1. The van der Waals surface area contributed by atoms with Gasteiger partial charge < -0.3 is 15.0 Å². The number of hydrogen-bond donors (Lipinski definition) is 1. The highest BCUT2D eigenvalue weighted by Gasteiger charge is 2.17. The van der Waals surface area contributed by atoms with Crippen molar-refractivity contribution in [3.8, 4) is 11.5 Å². The highest BCUT2D eigenvalue weighted by molar-refractivity contribution is 5.55. The Hall–Kier alpha value is -1.79. The molecule has 2 rings (SSSR count). The van der Waals surface area contributed by atoms with Crippen molar-refractivity contribution in [1.82, 2.24) is 10.1 Å². The number of aromatic nitrogens is 2. The van der Waals surface area contributed by atoms with Crippen LogP contribution in [0.5, 0.6) is 0 Å². The first kappa shape index (κ1) is 13.6. The molecule has 0 radical (unpaired) electrons. The van der Waals surface area contributed by atoms with Crippen LogP contribution < -0.4 is 5.73 Å². The Morgan fingerprint density at radius 3 is 3.00 bits per heavy atom. The van der Waals surface area contributed by atoms with Gasteiger partial charge in [0, 0.05) is 6.61 Å². The van der Waals surface area contributed by atoms with Crippen molar-refractivity contribution in [3.63, 3.8) is 0 Å². The normalized spacial score (nSPS) is 12.6. The first-order chi connectivity index (χ1) is 9.11. The highest BCUT2D eigenvalue weighted by Crippen LogP contribution is 2.23. The van der Waals surface area contributed by atoms with E-state index in [4.69, 9.17) is 15.0 Å². The van der Waals surface area contributed by atoms with Crippen LogP contribution in [-0.2, 0) is 4.74 Å². The molecule has 1 unspecified atom stereocenters. The number of benzene rings is 1. The van der Waals surface area contributed by atoms with E-state index >= 15 is 0 Å². The second-order valence-corrected chi connectivity index (χ2v) is 4.21. The summed E-state index contributed by atoms with van der Waals surface area (Å²) in [5.74, 6) is 0.0340. The zero-order chi connectivity index (χ0) is 13.8. The predicted molar refractivity (Wildman–Crippen MR) is 67.9 cm³/mol. The van der Waals surface area contributed by atoms with Crippen LogP contribution in [0.25, 0.3) is 11.5 Å². The summed E-state index contributed by atoms with van der Waals surface area (Å²) in [5, 5.41) is 3.76. The van der Waals surface area contributed by atoms with Gasteiger partial charge in [-0.1, -0.05) is 16.8 Å². The maximum atomic E-state index is 13.7. The van der Waals surface area contributed by atoms with Gasteiger partial charge in [0.15, 0.2) is 5.82 Å². The van der Waals surface area contributed by atoms with E-state index in [0.29, 0.717) is 19.0 Å². The first-order valence-corrected chi connectivity index (χ1v) is 6.05. The van der Waals surface area contributed by atoms with Crippen molar-refractivity contribution < 1.29 is 13.7 Å². The molecule has 0 spiro atoms. The van der Waals surface area contributed by atoms with E-state index < -0.39 is 11.9 Å². The van der Waals surface area contributed by atoms with Crippen LogP contribution in [0.2, 0.25) is 0 Å². The molecule has 2 N–H and O–H groups in total. The number of hydrogen-bond acceptors (Lipinski definition) is 5. The summed E-state index contributed by atoms with van der Waals surface area (Å²) in [6, 6.07) is 4.22. The largest absolute Gasteiger partial charge is 0.380 e. The summed E-state index contributed by atoms with van der Waals surface area (Å²) in [6.07, 6.45) is 0. The van der Waals surface area contributed by atoms with Crippen LogP contribution in [0.3, 0.4) is 0 Å². The lowest BCUT2D eigenvalue weighted by Crippen LogP contribution is -2.18. The SMILES string of the molecule is CCOCC(N)c1noc(-c2cc(C)ccc2F)n1. The van der Waals surface area contributed by atoms with Gasteiger partial charge in [-0.05, 0) is 26.0 Å². The Morgan fingerprint density at radius 2 is 2.26 bits per heavy atom. The van der Waals surface area contributed by atoms with E-state index in [1.54, 1.807) is 12.1 Å². The van der Waals surface area contributed by atoms with Crippen molar-refractivity contribution in [1.29, 1.82) is 0 Å². The standard InChI is InChI=1S/C13H16FN3O2/c1-3-18-7-11(15)12-16-13(19-17-12)9-6-8(2)4-5-10(9)14/h4-6,11H,3,7,15H2,1-2H3. The van der Waals surface area contributed by atoms with Crippen molar-refractivity contribution in [2.75, 3.05) is 13.2 Å². The number of ether oxygens (including phenoxy) is 1. The topological polar surface area (TPSA) is 74.2 Å². The summed E-state index contributed by atoms with van der Waals surface area (Å²) in [6.45, 7) is 4.59. The van der Waals surface area contributed by atoms with Gasteiger partial charge in [-0.25, -0.2) is 4.39 Å². The Kier molecular flexibility index (Phi) is 4.24. The lowest BCUT2D eigenvalue weighted by Gasteiger charge is -2.05. The molecule has 0 saturated heterocycles. The third-order valence-corrected chi connectivity index (χ3v) is 2.63. The zero-order valence-corrected chi connectivity index (χ0v) is 10.9. The summed E-state index contributed by atoms with van der Waals surface area (Å²) in [7, 11) is 0. The fourth-order valence-electron chi connectivity index (χ4n) is 1.62. The minimum absolute atomic E-state index is 0.128. The number of nitrogens with two attached hydrogens (primary N) is 1. The van der Waals surface area contributed by atoms with Crippen LogP contribution >= 0.6 is 0 Å². The molecule has 0 aliphatic heterocycles. The highest BCUT2D eigenvalue weighted by atomic mass is 19.1. The number of nitrogens with zero attached hydrogens (tertiary/aromatic N) is 2. The molecule has 1 atom stereocenters. The van der Waals surface area contributed by atoms with Crippen LogP contribution in [0.1, 0.15) is 24.4 Å². The third kappa shape index (κ3) is 3.15. The molecule has 0 amide bonds. The minimum Gasteiger partial charge on any atom is -0.380 e. The molecular formula is C13H16FN3O2. The van der Waals surface area contributed by atoms with Gasteiger partial charge in [-0.15, -0.1) is 0 Å². The van der Waals surface area contributed by atoms with Crippen molar-refractivity contribution >= 4 is 0 Å². The van der Waals surface area contributed by atoms with Crippen LogP contribution in [-0.4, -0.2) is 23.4 Å². The first-order valence-electron chi connectivity index (χ1n) is 6.05. The van der Waals surface area contributed by atoms with E-state index in [9.17, 15) is 4.39 Å². The Morgan fingerprint density at radius 1 is 1.47 bits per heavy atom. The number of halogens is 1. The average molecular weight is 265 g/mol. The second kappa shape index (κ2) is 5.90. The fourth-order valence-corrected chi connectivity index (χ4v) is 1.62. The minimum atomic E-state index is -0.481. The fraction of sp³-hybridized carbons (Fsp3) is 0.385. The van der Waals surface area contributed by atoms with Gasteiger partial charge in [-0.2, -0.15) is 4.98 Å². The maximum absolute atomic E-state index is 13.7. The lowest BCUT2D eigenvalue weighted by molar-refractivity contribution is 0.130. The molecule has 102 valence electrons. The van der Waals surface area contributed by atoms with E-state index in [2.05, 4.69) is 10.1 Å². The second-order valence-electron chi connectivity index (χ2n) is 4.21. The van der Waals surface area contributed by atoms with Gasteiger partial charge in [-0.3, -0.25) is 0 Å². The van der Waals surface area contributed by atoms with Crippen LogP contribution in [0.4, 0.5) is 4.39 Å². The summed E-state index contributed by atoms with van der Waals surface area (Å²) in [4.78, 5) is 4.11. The molecule has 6 heteroatoms. The summed E-state index contributed by atoms with van der Waals surface area (Å²) < 4.78 is 23.9. The average Bonchev–Trinajstić information content (AvgIpc) is 2.88. The van der Waals surface area contributed by atoms with Crippen molar-refractivity contribution in [3.05, 3.63) is 35.4 Å².